The highest BCUT2D eigenvalue weighted by atomic mass is 35.5. The number of nitrogens with two attached hydrogens (primary N) is 1. The van der Waals surface area contributed by atoms with Gasteiger partial charge in [-0.15, -0.1) is 12.4 Å². The summed E-state index contributed by atoms with van der Waals surface area (Å²) in [6.07, 6.45) is 3.55. The van der Waals surface area contributed by atoms with E-state index < -0.39 is 0 Å². The van der Waals surface area contributed by atoms with Crippen molar-refractivity contribution in [2.45, 2.75) is 47.1 Å². The lowest BCUT2D eigenvalue weighted by Crippen LogP contribution is -2.34. The third kappa shape index (κ3) is 7.00. The summed E-state index contributed by atoms with van der Waals surface area (Å²) >= 11 is 0. The van der Waals surface area contributed by atoms with Crippen LogP contribution >= 0.6 is 12.4 Å². The normalized spacial score (nSPS) is 10.8. The SMILES string of the molecule is CC(C)CCN(CCC(C)C)C(=O)c1coc(CN)c1.Cl. The third-order valence-electron chi connectivity index (χ3n) is 3.34. The minimum atomic E-state index is 0. The molecule has 0 spiro atoms. The van der Waals surface area contributed by atoms with Crippen molar-refractivity contribution < 1.29 is 9.21 Å². The van der Waals surface area contributed by atoms with Gasteiger partial charge in [0.2, 0.25) is 0 Å². The average molecular weight is 317 g/mol. The van der Waals surface area contributed by atoms with Gasteiger partial charge in [0.05, 0.1) is 12.1 Å². The number of halogens is 1. The fraction of sp³-hybridized carbons (Fsp3) is 0.688. The van der Waals surface area contributed by atoms with Crippen LogP contribution in [0.3, 0.4) is 0 Å². The van der Waals surface area contributed by atoms with Crippen LogP contribution < -0.4 is 5.73 Å². The Kier molecular flexibility index (Phi) is 9.38. The standard InChI is InChI=1S/C16H28N2O2.ClH/c1-12(2)5-7-18(8-6-13(3)4)16(19)14-9-15(10-17)20-11-14;/h9,11-13H,5-8,10,17H2,1-4H3;1H. The molecule has 0 aliphatic rings. The van der Waals surface area contributed by atoms with Crippen molar-refractivity contribution in [3.8, 4) is 0 Å². The zero-order chi connectivity index (χ0) is 15.1. The molecule has 0 radical (unpaired) electrons. The van der Waals surface area contributed by atoms with Crippen LogP contribution in [0.15, 0.2) is 16.7 Å². The fourth-order valence-corrected chi connectivity index (χ4v) is 1.93. The lowest BCUT2D eigenvalue weighted by atomic mass is 10.1. The van der Waals surface area contributed by atoms with Crippen LogP contribution in [-0.2, 0) is 6.54 Å². The lowest BCUT2D eigenvalue weighted by Gasteiger charge is -2.24. The summed E-state index contributed by atoms with van der Waals surface area (Å²) in [5.74, 6) is 1.89. The van der Waals surface area contributed by atoms with Gasteiger partial charge in [-0.1, -0.05) is 27.7 Å². The molecule has 0 aliphatic carbocycles. The van der Waals surface area contributed by atoms with Gasteiger partial charge in [-0.05, 0) is 30.7 Å². The van der Waals surface area contributed by atoms with Crippen LogP contribution in [0.4, 0.5) is 0 Å². The molecule has 1 aromatic rings. The van der Waals surface area contributed by atoms with E-state index in [0.29, 0.717) is 29.7 Å². The Hall–Kier alpha value is -1.00. The van der Waals surface area contributed by atoms with E-state index in [0.717, 1.165) is 25.9 Å². The van der Waals surface area contributed by atoms with Gasteiger partial charge in [0.1, 0.15) is 12.0 Å². The highest BCUT2D eigenvalue weighted by Gasteiger charge is 2.18. The molecule has 2 N–H and O–H groups in total. The number of carbonyl (C=O) groups is 1. The van der Waals surface area contributed by atoms with Gasteiger partial charge in [0.25, 0.3) is 5.91 Å². The van der Waals surface area contributed by atoms with Crippen LogP contribution in [0.2, 0.25) is 0 Å². The largest absolute Gasteiger partial charge is 0.467 e. The number of hydrogen-bond donors (Lipinski definition) is 1. The van der Waals surface area contributed by atoms with E-state index in [1.807, 2.05) is 4.90 Å². The Balaban J connectivity index is 0.00000400. The van der Waals surface area contributed by atoms with Gasteiger partial charge in [-0.3, -0.25) is 4.79 Å². The Morgan fingerprint density at radius 1 is 1.19 bits per heavy atom. The predicted octanol–water partition coefficient (Wildman–Crippen LogP) is 3.69. The van der Waals surface area contributed by atoms with Gasteiger partial charge in [0, 0.05) is 13.1 Å². The summed E-state index contributed by atoms with van der Waals surface area (Å²) < 4.78 is 5.26. The number of rotatable bonds is 8. The third-order valence-corrected chi connectivity index (χ3v) is 3.34. The average Bonchev–Trinajstić information content (AvgIpc) is 2.86. The molecule has 0 saturated carbocycles. The minimum absolute atomic E-state index is 0. The Morgan fingerprint density at radius 2 is 1.71 bits per heavy atom. The van der Waals surface area contributed by atoms with E-state index in [1.165, 1.54) is 6.26 Å². The van der Waals surface area contributed by atoms with Crippen molar-refractivity contribution in [2.75, 3.05) is 13.1 Å². The van der Waals surface area contributed by atoms with Crippen LogP contribution in [0.25, 0.3) is 0 Å². The molecule has 21 heavy (non-hydrogen) atoms. The molecule has 0 bridgehead atoms. The van der Waals surface area contributed by atoms with Crippen molar-refractivity contribution in [2.24, 2.45) is 17.6 Å². The molecule has 0 fully saturated rings. The second kappa shape index (κ2) is 9.85. The summed E-state index contributed by atoms with van der Waals surface area (Å²) in [4.78, 5) is 14.5. The van der Waals surface area contributed by atoms with Gasteiger partial charge in [-0.2, -0.15) is 0 Å². The van der Waals surface area contributed by atoms with E-state index in [2.05, 4.69) is 27.7 Å². The first-order valence-corrected chi connectivity index (χ1v) is 7.50. The van der Waals surface area contributed by atoms with Crippen molar-refractivity contribution in [3.63, 3.8) is 0 Å². The molecule has 1 amide bonds. The van der Waals surface area contributed by atoms with E-state index in [9.17, 15) is 4.79 Å². The summed E-state index contributed by atoms with van der Waals surface area (Å²) in [5.41, 5.74) is 6.13. The van der Waals surface area contributed by atoms with Crippen molar-refractivity contribution in [1.29, 1.82) is 0 Å². The lowest BCUT2D eigenvalue weighted by molar-refractivity contribution is 0.0740. The first kappa shape index (κ1) is 20.0. The zero-order valence-corrected chi connectivity index (χ0v) is 14.4. The second-order valence-electron chi connectivity index (χ2n) is 6.16. The molecule has 0 unspecified atom stereocenters. The summed E-state index contributed by atoms with van der Waals surface area (Å²) in [5, 5.41) is 0. The number of furan rings is 1. The second-order valence-corrected chi connectivity index (χ2v) is 6.16. The molecule has 5 heteroatoms. The molecular formula is C16H29ClN2O2. The highest BCUT2D eigenvalue weighted by Crippen LogP contribution is 2.14. The minimum Gasteiger partial charge on any atom is -0.467 e. The summed E-state index contributed by atoms with van der Waals surface area (Å²) in [6, 6.07) is 1.75. The van der Waals surface area contributed by atoms with E-state index in [-0.39, 0.29) is 18.3 Å². The van der Waals surface area contributed by atoms with E-state index in [4.69, 9.17) is 10.2 Å². The first-order chi connectivity index (χ1) is 9.43. The maximum absolute atomic E-state index is 12.5. The fourth-order valence-electron chi connectivity index (χ4n) is 1.93. The molecule has 4 nitrogen and oxygen atoms in total. The number of carbonyl (C=O) groups excluding carboxylic acids is 1. The van der Waals surface area contributed by atoms with Gasteiger partial charge >= 0.3 is 0 Å². The smallest absolute Gasteiger partial charge is 0.257 e. The molecule has 0 saturated heterocycles. The first-order valence-electron chi connectivity index (χ1n) is 7.50. The Labute approximate surface area is 134 Å². The number of amides is 1. The van der Waals surface area contributed by atoms with E-state index >= 15 is 0 Å². The maximum Gasteiger partial charge on any atom is 0.257 e. The van der Waals surface area contributed by atoms with Crippen molar-refractivity contribution in [1.82, 2.24) is 4.90 Å². The summed E-state index contributed by atoms with van der Waals surface area (Å²) in [6.45, 7) is 10.6. The van der Waals surface area contributed by atoms with Gasteiger partial charge in [0.15, 0.2) is 0 Å². The summed E-state index contributed by atoms with van der Waals surface area (Å²) in [7, 11) is 0. The van der Waals surface area contributed by atoms with Crippen molar-refractivity contribution in [3.05, 3.63) is 23.7 Å². The van der Waals surface area contributed by atoms with Crippen LogP contribution in [0.1, 0.15) is 56.7 Å². The molecule has 1 aromatic heterocycles. The number of hydrogen-bond acceptors (Lipinski definition) is 3. The molecule has 0 atom stereocenters. The van der Waals surface area contributed by atoms with Crippen molar-refractivity contribution >= 4 is 18.3 Å². The monoisotopic (exact) mass is 316 g/mol. The molecule has 0 aliphatic heterocycles. The Bertz CT molecular complexity index is 404. The van der Waals surface area contributed by atoms with Gasteiger partial charge in [-0.25, -0.2) is 0 Å². The zero-order valence-electron chi connectivity index (χ0n) is 13.6. The highest BCUT2D eigenvalue weighted by molar-refractivity contribution is 5.94. The Morgan fingerprint density at radius 3 is 2.10 bits per heavy atom. The van der Waals surface area contributed by atoms with Crippen LogP contribution in [0.5, 0.6) is 0 Å². The predicted molar refractivity (Wildman–Crippen MR) is 88.7 cm³/mol. The van der Waals surface area contributed by atoms with Crippen LogP contribution in [0, 0.1) is 11.8 Å². The van der Waals surface area contributed by atoms with Gasteiger partial charge < -0.3 is 15.1 Å². The molecule has 0 aromatic carbocycles. The number of nitrogens with zero attached hydrogens (tertiary/aromatic N) is 1. The quantitative estimate of drug-likeness (QED) is 0.795. The topological polar surface area (TPSA) is 59.5 Å². The van der Waals surface area contributed by atoms with E-state index in [1.54, 1.807) is 6.07 Å². The van der Waals surface area contributed by atoms with Crippen LogP contribution in [-0.4, -0.2) is 23.9 Å². The molecular weight excluding hydrogens is 288 g/mol. The molecule has 1 heterocycles. The molecule has 1 rings (SSSR count). The molecule has 122 valence electrons. The maximum atomic E-state index is 12.5.